The Morgan fingerprint density at radius 1 is 1.22 bits per heavy atom. The first-order valence-electron chi connectivity index (χ1n) is 6.39. The van der Waals surface area contributed by atoms with Gasteiger partial charge in [-0.3, -0.25) is 0 Å². The molecule has 100 valence electrons. The van der Waals surface area contributed by atoms with Crippen LogP contribution in [0.15, 0.2) is 12.1 Å². The van der Waals surface area contributed by atoms with E-state index in [2.05, 4.69) is 19.2 Å². The van der Waals surface area contributed by atoms with Gasteiger partial charge in [-0.2, -0.15) is 0 Å². The van der Waals surface area contributed by atoms with Gasteiger partial charge in [-0.15, -0.1) is 0 Å². The summed E-state index contributed by atoms with van der Waals surface area (Å²) in [7, 11) is 0. The summed E-state index contributed by atoms with van der Waals surface area (Å²) in [5, 5.41) is 12.7. The van der Waals surface area contributed by atoms with Crippen molar-refractivity contribution in [3.63, 3.8) is 0 Å². The molecule has 0 amide bonds. The number of hydrogen-bond acceptors (Lipinski definition) is 4. The molecule has 1 aromatic rings. The lowest BCUT2D eigenvalue weighted by Gasteiger charge is -2.25. The lowest BCUT2D eigenvalue weighted by Crippen LogP contribution is -2.29. The Kier molecular flexibility index (Phi) is 3.97. The SMILES string of the molecule is Cc1cc2c(cc1NC(CO)C(C)C)OCCO2. The topological polar surface area (TPSA) is 50.7 Å². The van der Waals surface area contributed by atoms with Crippen LogP contribution < -0.4 is 14.8 Å². The standard InChI is InChI=1S/C14H21NO3/c1-9(2)12(8-16)15-11-7-14-13(6-10(11)3)17-4-5-18-14/h6-7,9,12,15-16H,4-5,8H2,1-3H3. The highest BCUT2D eigenvalue weighted by Crippen LogP contribution is 2.35. The molecule has 0 aliphatic carbocycles. The number of ether oxygens (including phenoxy) is 2. The molecule has 0 radical (unpaired) electrons. The fourth-order valence-corrected chi connectivity index (χ4v) is 1.97. The Labute approximate surface area is 108 Å². The summed E-state index contributed by atoms with van der Waals surface area (Å²) in [5.74, 6) is 1.94. The first-order valence-corrected chi connectivity index (χ1v) is 6.39. The summed E-state index contributed by atoms with van der Waals surface area (Å²) in [4.78, 5) is 0. The summed E-state index contributed by atoms with van der Waals surface area (Å²) >= 11 is 0. The summed E-state index contributed by atoms with van der Waals surface area (Å²) < 4.78 is 11.1. The first kappa shape index (κ1) is 13.0. The Balaban J connectivity index is 2.22. The lowest BCUT2D eigenvalue weighted by atomic mass is 10.0. The van der Waals surface area contributed by atoms with Crippen LogP contribution in [-0.4, -0.2) is 31.0 Å². The van der Waals surface area contributed by atoms with Crippen molar-refractivity contribution in [1.82, 2.24) is 0 Å². The van der Waals surface area contributed by atoms with Crippen LogP contribution in [-0.2, 0) is 0 Å². The number of aliphatic hydroxyl groups is 1. The normalized spacial score (nSPS) is 15.6. The van der Waals surface area contributed by atoms with Gasteiger partial charge < -0.3 is 19.9 Å². The van der Waals surface area contributed by atoms with Gasteiger partial charge in [-0.25, -0.2) is 0 Å². The quantitative estimate of drug-likeness (QED) is 0.861. The minimum Gasteiger partial charge on any atom is -0.486 e. The van der Waals surface area contributed by atoms with E-state index in [0.717, 1.165) is 22.7 Å². The van der Waals surface area contributed by atoms with Crippen LogP contribution in [0.1, 0.15) is 19.4 Å². The molecular formula is C14H21NO3. The van der Waals surface area contributed by atoms with Crippen LogP contribution >= 0.6 is 0 Å². The fourth-order valence-electron chi connectivity index (χ4n) is 1.97. The number of fused-ring (bicyclic) bond motifs is 1. The van der Waals surface area contributed by atoms with Crippen molar-refractivity contribution in [3.8, 4) is 11.5 Å². The minimum absolute atomic E-state index is 0.0475. The molecule has 0 bridgehead atoms. The number of benzene rings is 1. The molecule has 0 aromatic heterocycles. The van der Waals surface area contributed by atoms with Crippen molar-refractivity contribution in [2.24, 2.45) is 5.92 Å². The number of hydrogen-bond donors (Lipinski definition) is 2. The van der Waals surface area contributed by atoms with Gasteiger partial charge in [0.1, 0.15) is 13.2 Å². The van der Waals surface area contributed by atoms with E-state index in [1.165, 1.54) is 0 Å². The molecule has 1 aliphatic heterocycles. The Morgan fingerprint density at radius 3 is 2.39 bits per heavy atom. The highest BCUT2D eigenvalue weighted by Gasteiger charge is 2.17. The molecule has 1 atom stereocenters. The highest BCUT2D eigenvalue weighted by atomic mass is 16.6. The molecule has 0 fully saturated rings. The van der Waals surface area contributed by atoms with E-state index in [1.54, 1.807) is 0 Å². The summed E-state index contributed by atoms with van der Waals surface area (Å²) in [6, 6.07) is 3.98. The molecule has 1 aromatic carbocycles. The number of aliphatic hydroxyl groups excluding tert-OH is 1. The smallest absolute Gasteiger partial charge is 0.163 e. The Bertz CT molecular complexity index is 418. The van der Waals surface area contributed by atoms with Gasteiger partial charge in [0.25, 0.3) is 0 Å². The van der Waals surface area contributed by atoms with Crippen molar-refractivity contribution >= 4 is 5.69 Å². The number of rotatable bonds is 4. The van der Waals surface area contributed by atoms with E-state index in [9.17, 15) is 5.11 Å². The molecule has 4 heteroatoms. The van der Waals surface area contributed by atoms with E-state index in [-0.39, 0.29) is 12.6 Å². The first-order chi connectivity index (χ1) is 8.61. The van der Waals surface area contributed by atoms with Crippen LogP contribution in [0, 0.1) is 12.8 Å². The summed E-state index contributed by atoms with van der Waals surface area (Å²) in [6.07, 6.45) is 0. The van der Waals surface area contributed by atoms with Gasteiger partial charge in [0.2, 0.25) is 0 Å². The van der Waals surface area contributed by atoms with E-state index < -0.39 is 0 Å². The van der Waals surface area contributed by atoms with Crippen LogP contribution in [0.2, 0.25) is 0 Å². The van der Waals surface area contributed by atoms with E-state index >= 15 is 0 Å². The molecule has 1 heterocycles. The van der Waals surface area contributed by atoms with Crippen LogP contribution in [0.5, 0.6) is 11.5 Å². The maximum atomic E-state index is 9.37. The molecule has 2 N–H and O–H groups in total. The van der Waals surface area contributed by atoms with Crippen LogP contribution in [0.3, 0.4) is 0 Å². The average molecular weight is 251 g/mol. The van der Waals surface area contributed by atoms with E-state index in [4.69, 9.17) is 9.47 Å². The van der Waals surface area contributed by atoms with Crippen molar-refractivity contribution in [1.29, 1.82) is 0 Å². The van der Waals surface area contributed by atoms with E-state index in [1.807, 2.05) is 19.1 Å². The Hall–Kier alpha value is -1.42. The molecule has 2 rings (SSSR count). The molecule has 1 aliphatic rings. The third-order valence-corrected chi connectivity index (χ3v) is 3.23. The van der Waals surface area contributed by atoms with Crippen molar-refractivity contribution in [2.75, 3.05) is 25.1 Å². The third kappa shape index (κ3) is 2.70. The molecule has 1 unspecified atom stereocenters. The molecular weight excluding hydrogens is 230 g/mol. The molecule has 0 saturated heterocycles. The fraction of sp³-hybridized carbons (Fsp3) is 0.571. The highest BCUT2D eigenvalue weighted by molar-refractivity contribution is 5.60. The van der Waals surface area contributed by atoms with Gasteiger partial charge >= 0.3 is 0 Å². The molecule has 0 saturated carbocycles. The van der Waals surface area contributed by atoms with E-state index in [0.29, 0.717) is 19.1 Å². The number of nitrogens with one attached hydrogen (secondary N) is 1. The number of aryl methyl sites for hydroxylation is 1. The van der Waals surface area contributed by atoms with Crippen molar-refractivity contribution < 1.29 is 14.6 Å². The van der Waals surface area contributed by atoms with Crippen molar-refractivity contribution in [2.45, 2.75) is 26.8 Å². The molecule has 0 spiro atoms. The predicted octanol–water partition coefficient (Wildman–Crippen LogP) is 2.20. The van der Waals surface area contributed by atoms with Crippen LogP contribution in [0.25, 0.3) is 0 Å². The zero-order chi connectivity index (χ0) is 13.1. The maximum Gasteiger partial charge on any atom is 0.163 e. The predicted molar refractivity (Wildman–Crippen MR) is 71.5 cm³/mol. The zero-order valence-electron chi connectivity index (χ0n) is 11.2. The van der Waals surface area contributed by atoms with Gasteiger partial charge in [0.05, 0.1) is 12.6 Å². The summed E-state index contributed by atoms with van der Waals surface area (Å²) in [6.45, 7) is 7.50. The lowest BCUT2D eigenvalue weighted by molar-refractivity contribution is 0.171. The average Bonchev–Trinajstić information content (AvgIpc) is 2.35. The Morgan fingerprint density at radius 2 is 1.83 bits per heavy atom. The second kappa shape index (κ2) is 5.48. The van der Waals surface area contributed by atoms with Gasteiger partial charge in [0.15, 0.2) is 11.5 Å². The molecule has 18 heavy (non-hydrogen) atoms. The zero-order valence-corrected chi connectivity index (χ0v) is 11.2. The van der Waals surface area contributed by atoms with Crippen LogP contribution in [0.4, 0.5) is 5.69 Å². The van der Waals surface area contributed by atoms with Gasteiger partial charge in [0, 0.05) is 11.8 Å². The second-order valence-corrected chi connectivity index (χ2v) is 4.99. The minimum atomic E-state index is 0.0475. The van der Waals surface area contributed by atoms with Gasteiger partial charge in [-0.05, 0) is 24.5 Å². The third-order valence-electron chi connectivity index (χ3n) is 3.23. The largest absolute Gasteiger partial charge is 0.486 e. The summed E-state index contributed by atoms with van der Waals surface area (Å²) in [5.41, 5.74) is 2.09. The van der Waals surface area contributed by atoms with Gasteiger partial charge in [-0.1, -0.05) is 13.8 Å². The molecule has 4 nitrogen and oxygen atoms in total. The second-order valence-electron chi connectivity index (χ2n) is 4.99. The number of anilines is 1. The maximum absolute atomic E-state index is 9.37. The van der Waals surface area contributed by atoms with Crippen molar-refractivity contribution in [3.05, 3.63) is 17.7 Å². The monoisotopic (exact) mass is 251 g/mol.